The molecule has 0 radical (unpaired) electrons. The molecule has 2 aromatic rings. The minimum Gasteiger partial charge on any atom is -0.493 e. The van der Waals surface area contributed by atoms with Crippen molar-refractivity contribution in [3.05, 3.63) is 40.7 Å². The van der Waals surface area contributed by atoms with Crippen molar-refractivity contribution in [2.75, 3.05) is 6.61 Å². The van der Waals surface area contributed by atoms with Gasteiger partial charge in [-0.3, -0.25) is 4.68 Å². The van der Waals surface area contributed by atoms with Gasteiger partial charge in [-0.05, 0) is 43.9 Å². The summed E-state index contributed by atoms with van der Waals surface area (Å²) >= 11 is 6.14. The van der Waals surface area contributed by atoms with E-state index in [4.69, 9.17) is 26.2 Å². The van der Waals surface area contributed by atoms with E-state index in [-0.39, 0.29) is 5.75 Å². The number of ether oxygens (including phenoxy) is 2. The molecule has 1 N–H and O–H groups in total. The van der Waals surface area contributed by atoms with Crippen LogP contribution in [0.3, 0.4) is 0 Å². The zero-order valence-electron chi connectivity index (χ0n) is 14.1. The van der Waals surface area contributed by atoms with Gasteiger partial charge in [0.2, 0.25) is 0 Å². The van der Waals surface area contributed by atoms with Gasteiger partial charge >= 0.3 is 6.16 Å². The Morgan fingerprint density at radius 3 is 2.84 bits per heavy atom. The first-order valence-electron chi connectivity index (χ1n) is 8.37. The molecule has 1 aromatic heterocycles. The molecule has 0 aliphatic heterocycles. The van der Waals surface area contributed by atoms with E-state index in [0.29, 0.717) is 29.8 Å². The molecule has 1 saturated carbocycles. The molecule has 25 heavy (non-hydrogen) atoms. The highest BCUT2D eigenvalue weighted by Gasteiger charge is 2.17. The van der Waals surface area contributed by atoms with Crippen LogP contribution in [0.1, 0.15) is 36.9 Å². The van der Waals surface area contributed by atoms with Crippen molar-refractivity contribution in [3.63, 3.8) is 0 Å². The van der Waals surface area contributed by atoms with Gasteiger partial charge in [0.25, 0.3) is 0 Å². The Balaban J connectivity index is 1.75. The largest absolute Gasteiger partial charge is 0.511 e. The Labute approximate surface area is 151 Å². The van der Waals surface area contributed by atoms with Crippen molar-refractivity contribution in [2.24, 2.45) is 5.92 Å². The lowest BCUT2D eigenvalue weighted by atomic mass is 10.1. The van der Waals surface area contributed by atoms with E-state index < -0.39 is 6.16 Å². The van der Waals surface area contributed by atoms with Gasteiger partial charge in [0.1, 0.15) is 5.75 Å². The number of hydrogen-bond acceptors (Lipinski definition) is 4. The molecule has 134 valence electrons. The lowest BCUT2D eigenvalue weighted by Crippen LogP contribution is -2.11. The predicted octanol–water partition coefficient (Wildman–Crippen LogP) is 4.52. The molecule has 6 nitrogen and oxygen atoms in total. The average Bonchev–Trinajstić information content (AvgIpc) is 3.19. The van der Waals surface area contributed by atoms with Gasteiger partial charge in [0.15, 0.2) is 5.75 Å². The van der Waals surface area contributed by atoms with E-state index in [1.165, 1.54) is 31.9 Å². The van der Waals surface area contributed by atoms with Crippen molar-refractivity contribution in [1.29, 1.82) is 0 Å². The van der Waals surface area contributed by atoms with Gasteiger partial charge in [0, 0.05) is 10.6 Å². The second kappa shape index (κ2) is 7.78. The van der Waals surface area contributed by atoms with Crippen LogP contribution in [0.5, 0.6) is 11.5 Å². The molecule has 0 unspecified atom stereocenters. The third-order valence-electron chi connectivity index (χ3n) is 4.55. The predicted molar refractivity (Wildman–Crippen MR) is 93.6 cm³/mol. The van der Waals surface area contributed by atoms with Crippen molar-refractivity contribution in [2.45, 2.75) is 39.2 Å². The summed E-state index contributed by atoms with van der Waals surface area (Å²) < 4.78 is 12.4. The number of nitrogens with zero attached hydrogens (tertiary/aromatic N) is 2. The molecule has 1 aliphatic carbocycles. The number of benzene rings is 1. The maximum atomic E-state index is 10.7. The van der Waals surface area contributed by atoms with Crippen molar-refractivity contribution in [3.8, 4) is 11.5 Å². The van der Waals surface area contributed by atoms with Crippen LogP contribution in [0.2, 0.25) is 5.02 Å². The monoisotopic (exact) mass is 364 g/mol. The molecule has 0 atom stereocenters. The summed E-state index contributed by atoms with van der Waals surface area (Å²) in [5.41, 5.74) is 1.53. The molecule has 1 fully saturated rings. The molecular weight excluding hydrogens is 344 g/mol. The first kappa shape index (κ1) is 17.6. The van der Waals surface area contributed by atoms with E-state index in [1.807, 2.05) is 18.2 Å². The van der Waals surface area contributed by atoms with Gasteiger partial charge in [0.05, 0.1) is 25.0 Å². The topological polar surface area (TPSA) is 73.6 Å². The van der Waals surface area contributed by atoms with Crippen molar-refractivity contribution < 1.29 is 19.4 Å². The van der Waals surface area contributed by atoms with E-state index >= 15 is 0 Å². The van der Waals surface area contributed by atoms with Crippen LogP contribution in [0.15, 0.2) is 24.4 Å². The number of hydrogen-bond donors (Lipinski definition) is 1. The smallest absolute Gasteiger partial charge is 0.493 e. The van der Waals surface area contributed by atoms with Crippen LogP contribution in [0.25, 0.3) is 0 Å². The van der Waals surface area contributed by atoms with E-state index in [1.54, 1.807) is 11.6 Å². The van der Waals surface area contributed by atoms with Crippen LogP contribution in [0, 0.1) is 12.8 Å². The van der Waals surface area contributed by atoms with Gasteiger partial charge in [-0.15, -0.1) is 0 Å². The second-order valence-electron chi connectivity index (χ2n) is 6.33. The maximum absolute atomic E-state index is 10.7. The van der Waals surface area contributed by atoms with Gasteiger partial charge in [-0.2, -0.15) is 5.10 Å². The highest BCUT2D eigenvalue weighted by atomic mass is 35.5. The maximum Gasteiger partial charge on any atom is 0.511 e. The normalized spacial score (nSPS) is 14.6. The van der Waals surface area contributed by atoms with E-state index in [9.17, 15) is 4.79 Å². The SMILES string of the molecule is Cc1c(OC(=O)O)cnn1Cc1cc(Cl)ccc1OCC1CCCC1. The summed E-state index contributed by atoms with van der Waals surface area (Å²) in [7, 11) is 0. The zero-order chi connectivity index (χ0) is 17.8. The van der Waals surface area contributed by atoms with E-state index in [2.05, 4.69) is 5.10 Å². The standard InChI is InChI=1S/C18H21ClN2O4/c1-12-17(25-18(22)23)9-20-21(12)10-14-8-15(19)6-7-16(14)24-11-13-4-2-3-5-13/h6-9,13H,2-5,10-11H2,1H3,(H,22,23). The number of carbonyl (C=O) groups is 1. The fourth-order valence-corrected chi connectivity index (χ4v) is 3.34. The van der Waals surface area contributed by atoms with Crippen LogP contribution in [-0.4, -0.2) is 27.6 Å². The molecule has 7 heteroatoms. The number of carboxylic acid groups (broad SMARTS) is 1. The lowest BCUT2D eigenvalue weighted by Gasteiger charge is -2.15. The number of aromatic nitrogens is 2. The summed E-state index contributed by atoms with van der Waals surface area (Å²) in [5, 5.41) is 13.6. The molecule has 1 aromatic carbocycles. The highest BCUT2D eigenvalue weighted by Crippen LogP contribution is 2.29. The zero-order valence-corrected chi connectivity index (χ0v) is 14.8. The number of rotatable bonds is 6. The Hall–Kier alpha value is -2.21. The average molecular weight is 365 g/mol. The molecular formula is C18H21ClN2O4. The first-order chi connectivity index (χ1) is 12.0. The Bertz CT molecular complexity index is 754. The van der Waals surface area contributed by atoms with Crippen LogP contribution in [-0.2, 0) is 6.54 Å². The fraction of sp³-hybridized carbons (Fsp3) is 0.444. The Kier molecular flexibility index (Phi) is 5.48. The van der Waals surface area contributed by atoms with Crippen LogP contribution < -0.4 is 9.47 Å². The molecule has 0 saturated heterocycles. The third kappa shape index (κ3) is 4.45. The fourth-order valence-electron chi connectivity index (χ4n) is 3.14. The summed E-state index contributed by atoms with van der Waals surface area (Å²) in [4.78, 5) is 10.7. The van der Waals surface area contributed by atoms with Gasteiger partial charge in [-0.25, -0.2) is 4.79 Å². The second-order valence-corrected chi connectivity index (χ2v) is 6.77. The molecule has 1 heterocycles. The Morgan fingerprint density at radius 1 is 1.36 bits per heavy atom. The lowest BCUT2D eigenvalue weighted by molar-refractivity contribution is 0.144. The first-order valence-corrected chi connectivity index (χ1v) is 8.75. The number of halogens is 1. The molecule has 0 bridgehead atoms. The highest BCUT2D eigenvalue weighted by molar-refractivity contribution is 6.30. The summed E-state index contributed by atoms with van der Waals surface area (Å²) in [6, 6.07) is 5.54. The van der Waals surface area contributed by atoms with Gasteiger partial charge < -0.3 is 14.6 Å². The van der Waals surface area contributed by atoms with E-state index in [0.717, 1.165) is 11.3 Å². The van der Waals surface area contributed by atoms with Crippen molar-refractivity contribution in [1.82, 2.24) is 9.78 Å². The molecule has 0 spiro atoms. The molecule has 3 rings (SSSR count). The van der Waals surface area contributed by atoms with Crippen LogP contribution in [0.4, 0.5) is 4.79 Å². The Morgan fingerprint density at radius 2 is 2.12 bits per heavy atom. The van der Waals surface area contributed by atoms with Crippen LogP contribution >= 0.6 is 11.6 Å². The van der Waals surface area contributed by atoms with Gasteiger partial charge in [-0.1, -0.05) is 24.4 Å². The molecule has 1 aliphatic rings. The minimum atomic E-state index is -1.36. The summed E-state index contributed by atoms with van der Waals surface area (Å²) in [6.07, 6.45) is 5.04. The minimum absolute atomic E-state index is 0.225. The quantitative estimate of drug-likeness (QED) is 0.763. The summed E-state index contributed by atoms with van der Waals surface area (Å²) in [5.74, 6) is 1.63. The van der Waals surface area contributed by atoms with Crippen molar-refractivity contribution >= 4 is 17.8 Å². The molecule has 0 amide bonds. The summed E-state index contributed by atoms with van der Waals surface area (Å²) in [6.45, 7) is 2.89. The third-order valence-corrected chi connectivity index (χ3v) is 4.78.